The molecule has 1 aliphatic carbocycles. The minimum Gasteiger partial charge on any atom is -0.490 e. The summed E-state index contributed by atoms with van der Waals surface area (Å²) in [7, 11) is 0. The van der Waals surface area contributed by atoms with Crippen LogP contribution in [0.15, 0.2) is 36.7 Å². The van der Waals surface area contributed by atoms with Crippen LogP contribution in [0.25, 0.3) is 10.8 Å². The molecular weight excluding hydrogens is 413 g/mol. The Balaban J connectivity index is 1.38. The summed E-state index contributed by atoms with van der Waals surface area (Å²) < 4.78 is 49.3. The first-order valence-electron chi connectivity index (χ1n) is 11.1. The molecule has 3 nitrogen and oxygen atoms in total. The van der Waals surface area contributed by atoms with Gasteiger partial charge in [-0.3, -0.25) is 4.98 Å². The van der Waals surface area contributed by atoms with Gasteiger partial charge in [-0.05, 0) is 47.8 Å². The monoisotopic (exact) mass is 442 g/mol. The largest absolute Gasteiger partial charge is 0.490 e. The van der Waals surface area contributed by atoms with Crippen LogP contribution in [0.4, 0.5) is 13.2 Å². The Morgan fingerprint density at radius 2 is 1.72 bits per heavy atom. The van der Waals surface area contributed by atoms with Crippen molar-refractivity contribution in [3.8, 4) is 5.75 Å². The number of hydrogen-bond acceptors (Lipinski definition) is 3. The van der Waals surface area contributed by atoms with Gasteiger partial charge in [0.1, 0.15) is 29.3 Å². The lowest BCUT2D eigenvalue weighted by Gasteiger charge is -2.36. The fourth-order valence-electron chi connectivity index (χ4n) is 4.43. The Kier molecular flexibility index (Phi) is 6.17. The van der Waals surface area contributed by atoms with Crippen LogP contribution >= 0.6 is 0 Å². The van der Waals surface area contributed by atoms with Crippen LogP contribution in [0.2, 0.25) is 0 Å². The second-order valence-corrected chi connectivity index (χ2v) is 9.57. The number of pyridine rings is 1. The average molecular weight is 443 g/mol. The number of benzene rings is 2. The second-order valence-electron chi connectivity index (χ2n) is 9.57. The number of nitrogens with one attached hydrogen (secondary N) is 1. The Bertz CT molecular complexity index is 1110. The quantitative estimate of drug-likeness (QED) is 0.493. The molecule has 2 aromatic carbocycles. The number of hydrogen-bond donors (Lipinski definition) is 1. The maximum absolute atomic E-state index is 14.7. The molecule has 1 heterocycles. The molecule has 1 saturated carbocycles. The third kappa shape index (κ3) is 4.46. The van der Waals surface area contributed by atoms with Crippen molar-refractivity contribution in [1.82, 2.24) is 10.3 Å². The van der Waals surface area contributed by atoms with E-state index in [-0.39, 0.29) is 29.3 Å². The predicted molar refractivity (Wildman–Crippen MR) is 120 cm³/mol. The number of halogens is 3. The third-order valence-electron chi connectivity index (χ3n) is 6.19. The molecule has 1 fully saturated rings. The summed E-state index contributed by atoms with van der Waals surface area (Å²) in [5.74, 6) is -1.19. The number of ether oxygens (including phenoxy) is 1. The molecule has 0 spiro atoms. The van der Waals surface area contributed by atoms with E-state index in [0.29, 0.717) is 24.9 Å². The molecule has 1 aromatic heterocycles. The van der Waals surface area contributed by atoms with Gasteiger partial charge in [0.25, 0.3) is 0 Å². The van der Waals surface area contributed by atoms with Gasteiger partial charge in [0.05, 0.1) is 0 Å². The molecule has 0 atom stereocenters. The van der Waals surface area contributed by atoms with Gasteiger partial charge < -0.3 is 10.1 Å². The predicted octanol–water partition coefficient (Wildman–Crippen LogP) is 6.21. The van der Waals surface area contributed by atoms with E-state index >= 15 is 0 Å². The lowest BCUT2D eigenvalue weighted by Crippen LogP contribution is -2.46. The van der Waals surface area contributed by atoms with Gasteiger partial charge in [0.2, 0.25) is 0 Å². The van der Waals surface area contributed by atoms with Crippen molar-refractivity contribution in [2.75, 3.05) is 0 Å². The fraction of sp³-hybridized carbons (Fsp3) is 0.423. The molecule has 170 valence electrons. The molecular formula is C26H29F3N2O. The van der Waals surface area contributed by atoms with E-state index in [1.165, 1.54) is 12.1 Å². The molecule has 4 rings (SSSR count). The van der Waals surface area contributed by atoms with E-state index < -0.39 is 17.0 Å². The number of fused-ring (bicyclic) bond motifs is 1. The molecule has 0 amide bonds. The molecule has 3 aromatic rings. The van der Waals surface area contributed by atoms with Crippen LogP contribution in [-0.4, -0.2) is 17.1 Å². The highest BCUT2D eigenvalue weighted by molar-refractivity contribution is 5.88. The lowest BCUT2D eigenvalue weighted by molar-refractivity contribution is 0.0835. The molecule has 32 heavy (non-hydrogen) atoms. The summed E-state index contributed by atoms with van der Waals surface area (Å²) in [6.07, 6.45) is 5.47. The van der Waals surface area contributed by atoms with Gasteiger partial charge >= 0.3 is 0 Å². The zero-order valence-corrected chi connectivity index (χ0v) is 18.9. The van der Waals surface area contributed by atoms with Crippen molar-refractivity contribution < 1.29 is 17.9 Å². The Morgan fingerprint density at radius 3 is 2.34 bits per heavy atom. The van der Waals surface area contributed by atoms with Gasteiger partial charge in [0, 0.05) is 53.6 Å². The highest BCUT2D eigenvalue weighted by Crippen LogP contribution is 2.33. The minimum atomic E-state index is -0.622. The summed E-state index contributed by atoms with van der Waals surface area (Å²) in [6, 6.07) is 6.12. The SMILES string of the molecule is CCc1cc(F)c(CNC2CC(Oc3cc(F)c(C(C)(C)C)c(F)c3)C2)c2ccncc12. The summed E-state index contributed by atoms with van der Waals surface area (Å²) in [5.41, 5.74) is 1.02. The normalized spacial score (nSPS) is 18.6. The molecule has 0 radical (unpaired) electrons. The van der Waals surface area contributed by atoms with Crippen molar-refractivity contribution in [2.45, 2.75) is 71.1 Å². The summed E-state index contributed by atoms with van der Waals surface area (Å²) in [4.78, 5) is 4.18. The minimum absolute atomic E-state index is 0.0662. The van der Waals surface area contributed by atoms with Crippen LogP contribution in [0.1, 0.15) is 57.2 Å². The van der Waals surface area contributed by atoms with Crippen molar-refractivity contribution in [3.05, 3.63) is 70.8 Å². The summed E-state index contributed by atoms with van der Waals surface area (Å²) >= 11 is 0. The average Bonchev–Trinajstić information content (AvgIpc) is 2.68. The molecule has 0 saturated heterocycles. The molecule has 0 bridgehead atoms. The van der Waals surface area contributed by atoms with E-state index in [4.69, 9.17) is 4.74 Å². The third-order valence-corrected chi connectivity index (χ3v) is 6.19. The standard InChI is InChI=1S/C26H29F3N2O/c1-5-15-8-22(27)21(19-6-7-30-13-20(15)19)14-31-16-9-17(10-16)32-18-11-23(28)25(24(29)12-18)26(2,3)4/h6-8,11-13,16-17,31H,5,9-10,14H2,1-4H3. The topological polar surface area (TPSA) is 34.1 Å². The number of nitrogens with zero attached hydrogens (tertiary/aromatic N) is 1. The highest BCUT2D eigenvalue weighted by atomic mass is 19.1. The fourth-order valence-corrected chi connectivity index (χ4v) is 4.43. The van der Waals surface area contributed by atoms with Gasteiger partial charge in [-0.2, -0.15) is 0 Å². The first-order valence-corrected chi connectivity index (χ1v) is 11.1. The first-order chi connectivity index (χ1) is 15.2. The Morgan fingerprint density at radius 1 is 1.03 bits per heavy atom. The van der Waals surface area contributed by atoms with Crippen LogP contribution in [0.5, 0.6) is 5.75 Å². The van der Waals surface area contributed by atoms with E-state index in [9.17, 15) is 13.2 Å². The maximum atomic E-state index is 14.7. The Labute approximate surface area is 187 Å². The van der Waals surface area contributed by atoms with Gasteiger partial charge in [0.15, 0.2) is 0 Å². The molecule has 1 N–H and O–H groups in total. The van der Waals surface area contributed by atoms with Crippen molar-refractivity contribution in [2.24, 2.45) is 0 Å². The van der Waals surface area contributed by atoms with Gasteiger partial charge in [-0.15, -0.1) is 0 Å². The summed E-state index contributed by atoms with van der Waals surface area (Å²) in [5, 5.41) is 5.24. The van der Waals surface area contributed by atoms with Crippen LogP contribution in [0, 0.1) is 17.5 Å². The zero-order chi connectivity index (χ0) is 23.0. The molecule has 1 aliphatic rings. The maximum Gasteiger partial charge on any atom is 0.133 e. The summed E-state index contributed by atoms with van der Waals surface area (Å²) in [6.45, 7) is 7.72. The van der Waals surface area contributed by atoms with Crippen LogP contribution in [0.3, 0.4) is 0 Å². The van der Waals surface area contributed by atoms with Gasteiger partial charge in [-0.1, -0.05) is 27.7 Å². The van der Waals surface area contributed by atoms with Gasteiger partial charge in [-0.25, -0.2) is 13.2 Å². The van der Waals surface area contributed by atoms with E-state index in [0.717, 1.165) is 22.8 Å². The Hall–Kier alpha value is -2.60. The molecule has 6 heteroatoms. The van der Waals surface area contributed by atoms with Crippen molar-refractivity contribution in [1.29, 1.82) is 0 Å². The number of aromatic nitrogens is 1. The van der Waals surface area contributed by atoms with Crippen molar-refractivity contribution >= 4 is 10.8 Å². The highest BCUT2D eigenvalue weighted by Gasteiger charge is 2.32. The molecule has 0 unspecified atom stereocenters. The van der Waals surface area contributed by atoms with Crippen molar-refractivity contribution in [3.63, 3.8) is 0 Å². The smallest absolute Gasteiger partial charge is 0.133 e. The number of rotatable bonds is 6. The molecule has 0 aliphatic heterocycles. The van der Waals surface area contributed by atoms with E-state index in [2.05, 4.69) is 10.3 Å². The van der Waals surface area contributed by atoms with Crippen LogP contribution in [-0.2, 0) is 18.4 Å². The van der Waals surface area contributed by atoms with Crippen LogP contribution < -0.4 is 10.1 Å². The lowest BCUT2D eigenvalue weighted by atomic mass is 9.86. The zero-order valence-electron chi connectivity index (χ0n) is 18.9. The van der Waals surface area contributed by atoms with E-state index in [1.54, 1.807) is 39.2 Å². The second kappa shape index (κ2) is 8.74. The number of aryl methyl sites for hydroxylation is 1. The van der Waals surface area contributed by atoms with E-state index in [1.807, 2.05) is 13.0 Å². The first kappa shape index (κ1) is 22.6.